The van der Waals surface area contributed by atoms with Crippen LogP contribution in [0.25, 0.3) is 0 Å². The van der Waals surface area contributed by atoms with Crippen molar-refractivity contribution in [2.24, 2.45) is 0 Å². The van der Waals surface area contributed by atoms with Crippen molar-refractivity contribution in [1.82, 2.24) is 0 Å². The zero-order valence-electron chi connectivity index (χ0n) is 10.8. The molecule has 0 saturated heterocycles. The number of benzene rings is 1. The number of fused-ring (bicyclic) bond motifs is 1. The van der Waals surface area contributed by atoms with Gasteiger partial charge in [-0.1, -0.05) is 0 Å². The summed E-state index contributed by atoms with van der Waals surface area (Å²) in [5, 5.41) is 10.7. The summed E-state index contributed by atoms with van der Waals surface area (Å²) in [4.78, 5) is 11.3. The van der Waals surface area contributed by atoms with E-state index in [1.54, 1.807) is 11.3 Å². The Balaban J connectivity index is 1.77. The number of aryl methyl sites for hydroxylation is 1. The lowest BCUT2D eigenvalue weighted by Gasteiger charge is -2.20. The Kier molecular flexibility index (Phi) is 3.25. The molecule has 1 aliphatic rings. The first-order chi connectivity index (χ1) is 9.22. The molecule has 98 valence electrons. The third-order valence-corrected chi connectivity index (χ3v) is 4.13. The molecule has 1 amide bonds. The second-order valence-corrected chi connectivity index (χ2v) is 5.62. The molecule has 1 unspecified atom stereocenters. The van der Waals surface area contributed by atoms with Crippen molar-refractivity contribution in [2.45, 2.75) is 25.8 Å². The van der Waals surface area contributed by atoms with Gasteiger partial charge in [-0.15, -0.1) is 0 Å². The SMILES string of the molecule is CC(Nc1ccc2c(c1)CCC(=O)N2)c1ccsc1. The van der Waals surface area contributed by atoms with Crippen LogP contribution in [0, 0.1) is 0 Å². The number of hydrogen-bond donors (Lipinski definition) is 2. The van der Waals surface area contributed by atoms with Crippen molar-refractivity contribution in [3.05, 3.63) is 46.2 Å². The summed E-state index contributed by atoms with van der Waals surface area (Å²) in [6.45, 7) is 2.16. The minimum Gasteiger partial charge on any atom is -0.378 e. The number of hydrogen-bond acceptors (Lipinski definition) is 3. The first kappa shape index (κ1) is 12.2. The molecular formula is C15H16N2OS. The van der Waals surface area contributed by atoms with Gasteiger partial charge in [-0.2, -0.15) is 11.3 Å². The lowest BCUT2D eigenvalue weighted by molar-refractivity contribution is -0.116. The van der Waals surface area contributed by atoms with Gasteiger partial charge in [-0.05, 0) is 59.5 Å². The van der Waals surface area contributed by atoms with Crippen molar-refractivity contribution in [1.29, 1.82) is 0 Å². The summed E-state index contributed by atoms with van der Waals surface area (Å²) < 4.78 is 0. The maximum Gasteiger partial charge on any atom is 0.224 e. The molecule has 1 atom stereocenters. The van der Waals surface area contributed by atoms with E-state index in [-0.39, 0.29) is 5.91 Å². The highest BCUT2D eigenvalue weighted by Gasteiger charge is 2.15. The van der Waals surface area contributed by atoms with E-state index >= 15 is 0 Å². The second kappa shape index (κ2) is 5.05. The summed E-state index contributed by atoms with van der Waals surface area (Å²) in [7, 11) is 0. The van der Waals surface area contributed by atoms with Gasteiger partial charge in [0.2, 0.25) is 5.91 Å². The van der Waals surface area contributed by atoms with Crippen LogP contribution >= 0.6 is 11.3 Å². The van der Waals surface area contributed by atoms with Gasteiger partial charge >= 0.3 is 0 Å². The molecule has 1 aromatic heterocycles. The van der Waals surface area contributed by atoms with E-state index in [0.717, 1.165) is 17.8 Å². The Labute approximate surface area is 116 Å². The summed E-state index contributed by atoms with van der Waals surface area (Å²) in [5.41, 5.74) is 4.57. The van der Waals surface area contributed by atoms with Crippen molar-refractivity contribution >= 4 is 28.6 Å². The monoisotopic (exact) mass is 272 g/mol. The van der Waals surface area contributed by atoms with Crippen LogP contribution in [-0.2, 0) is 11.2 Å². The Bertz CT molecular complexity index is 592. The van der Waals surface area contributed by atoms with Crippen LogP contribution in [0.15, 0.2) is 35.0 Å². The number of rotatable bonds is 3. The molecule has 0 saturated carbocycles. The van der Waals surface area contributed by atoms with E-state index in [9.17, 15) is 4.79 Å². The number of amides is 1. The van der Waals surface area contributed by atoms with Crippen LogP contribution in [0.1, 0.15) is 30.5 Å². The van der Waals surface area contributed by atoms with E-state index in [0.29, 0.717) is 12.5 Å². The molecule has 3 rings (SSSR count). The molecule has 0 spiro atoms. The number of anilines is 2. The van der Waals surface area contributed by atoms with Gasteiger partial charge < -0.3 is 10.6 Å². The first-order valence-corrected chi connectivity index (χ1v) is 7.38. The van der Waals surface area contributed by atoms with Crippen LogP contribution in [0.4, 0.5) is 11.4 Å². The van der Waals surface area contributed by atoms with E-state index < -0.39 is 0 Å². The second-order valence-electron chi connectivity index (χ2n) is 4.84. The van der Waals surface area contributed by atoms with Gasteiger partial charge in [0.25, 0.3) is 0 Å². The molecule has 0 radical (unpaired) electrons. The molecule has 4 heteroatoms. The molecule has 1 aromatic carbocycles. The quantitative estimate of drug-likeness (QED) is 0.892. The normalized spacial score (nSPS) is 15.5. The number of carbonyl (C=O) groups excluding carboxylic acids is 1. The third-order valence-electron chi connectivity index (χ3n) is 3.43. The highest BCUT2D eigenvalue weighted by atomic mass is 32.1. The predicted octanol–water partition coefficient (Wildman–Crippen LogP) is 3.81. The number of thiophene rings is 1. The fraction of sp³-hybridized carbons (Fsp3) is 0.267. The van der Waals surface area contributed by atoms with Crippen LogP contribution in [-0.4, -0.2) is 5.91 Å². The van der Waals surface area contributed by atoms with Gasteiger partial charge in [0.1, 0.15) is 0 Å². The first-order valence-electron chi connectivity index (χ1n) is 6.44. The smallest absolute Gasteiger partial charge is 0.224 e. The minimum absolute atomic E-state index is 0.111. The van der Waals surface area contributed by atoms with Crippen LogP contribution in [0.2, 0.25) is 0 Å². The summed E-state index contributed by atoms with van der Waals surface area (Å²) in [5.74, 6) is 0.111. The predicted molar refractivity (Wildman–Crippen MR) is 79.7 cm³/mol. The topological polar surface area (TPSA) is 41.1 Å². The van der Waals surface area contributed by atoms with E-state index in [1.165, 1.54) is 11.1 Å². The molecule has 19 heavy (non-hydrogen) atoms. The Morgan fingerprint density at radius 2 is 2.21 bits per heavy atom. The number of carbonyl (C=O) groups is 1. The minimum atomic E-state index is 0.111. The molecule has 1 aliphatic heterocycles. The highest BCUT2D eigenvalue weighted by molar-refractivity contribution is 7.07. The molecule has 0 fully saturated rings. The van der Waals surface area contributed by atoms with E-state index in [1.807, 2.05) is 12.1 Å². The largest absolute Gasteiger partial charge is 0.378 e. The van der Waals surface area contributed by atoms with Crippen LogP contribution in [0.3, 0.4) is 0 Å². The maximum absolute atomic E-state index is 11.3. The third kappa shape index (κ3) is 2.63. The molecule has 3 nitrogen and oxygen atoms in total. The van der Waals surface area contributed by atoms with Crippen LogP contribution in [0.5, 0.6) is 0 Å². The van der Waals surface area contributed by atoms with Crippen molar-refractivity contribution < 1.29 is 4.79 Å². The highest BCUT2D eigenvalue weighted by Crippen LogP contribution is 2.28. The Hall–Kier alpha value is -1.81. The fourth-order valence-corrected chi connectivity index (χ4v) is 3.08. The molecule has 0 bridgehead atoms. The van der Waals surface area contributed by atoms with Gasteiger partial charge in [0.15, 0.2) is 0 Å². The van der Waals surface area contributed by atoms with Crippen LogP contribution < -0.4 is 10.6 Å². The Morgan fingerprint density at radius 1 is 1.32 bits per heavy atom. The van der Waals surface area contributed by atoms with Gasteiger partial charge in [0.05, 0.1) is 0 Å². The standard InChI is InChI=1S/C15H16N2OS/c1-10(12-6-7-19-9-12)16-13-3-4-14-11(8-13)2-5-15(18)17-14/h3-4,6-10,16H,2,5H2,1H3,(H,17,18). The molecular weight excluding hydrogens is 256 g/mol. The lowest BCUT2D eigenvalue weighted by atomic mass is 10.0. The summed E-state index contributed by atoms with van der Waals surface area (Å²) in [6, 6.07) is 8.57. The molecule has 2 heterocycles. The van der Waals surface area contributed by atoms with Crippen molar-refractivity contribution in [2.75, 3.05) is 10.6 Å². The fourth-order valence-electron chi connectivity index (χ4n) is 2.33. The summed E-state index contributed by atoms with van der Waals surface area (Å²) in [6.07, 6.45) is 1.40. The molecule has 0 aliphatic carbocycles. The lowest BCUT2D eigenvalue weighted by Crippen LogP contribution is -2.19. The molecule has 2 N–H and O–H groups in total. The maximum atomic E-state index is 11.3. The molecule has 2 aromatic rings. The van der Waals surface area contributed by atoms with Gasteiger partial charge in [0, 0.05) is 23.8 Å². The average Bonchev–Trinajstić information content (AvgIpc) is 2.93. The van der Waals surface area contributed by atoms with Crippen molar-refractivity contribution in [3.8, 4) is 0 Å². The Morgan fingerprint density at radius 3 is 3.00 bits per heavy atom. The zero-order chi connectivity index (χ0) is 13.2. The van der Waals surface area contributed by atoms with Gasteiger partial charge in [-0.3, -0.25) is 4.79 Å². The van der Waals surface area contributed by atoms with Gasteiger partial charge in [-0.25, -0.2) is 0 Å². The average molecular weight is 272 g/mol. The van der Waals surface area contributed by atoms with E-state index in [2.05, 4.69) is 40.5 Å². The van der Waals surface area contributed by atoms with E-state index in [4.69, 9.17) is 0 Å². The number of nitrogens with one attached hydrogen (secondary N) is 2. The van der Waals surface area contributed by atoms with Crippen molar-refractivity contribution in [3.63, 3.8) is 0 Å². The zero-order valence-corrected chi connectivity index (χ0v) is 11.6. The summed E-state index contributed by atoms with van der Waals surface area (Å²) >= 11 is 1.71.